The van der Waals surface area contributed by atoms with E-state index >= 15 is 0 Å². The van der Waals surface area contributed by atoms with Gasteiger partial charge in [-0.1, -0.05) is 204 Å². The van der Waals surface area contributed by atoms with Crippen molar-refractivity contribution < 1.29 is 80.4 Å². The molecule has 0 unspecified atom stereocenters. The molecule has 9 aromatic carbocycles. The van der Waals surface area contributed by atoms with E-state index in [1.165, 1.54) is 89.0 Å². The molecular formula is C86H76Ir4N4-4. The van der Waals surface area contributed by atoms with Gasteiger partial charge < -0.3 is 19.9 Å². The SMILES string of the molecule is CC(C)c1cc(-c2cc[c-]c(-c3ccccn3)c2)cc(C(C)C)c1.CCc1cc(CC)cc(-c2cc[c-]c(-c3ccccn3)c2)c1.Cc1cc(C)cc(-c2cc[c-]c(-c3ccccn3)c2)c1.[Ir].[Ir].[Ir].[Ir].[c-]1ccc(-c2cccc(-c3ccccc3)c2)cc1-c1ccccn1. The molecule has 94 heavy (non-hydrogen) atoms. The van der Waals surface area contributed by atoms with Crippen molar-refractivity contribution in [2.75, 3.05) is 0 Å². The second kappa shape index (κ2) is 37.9. The van der Waals surface area contributed by atoms with Crippen molar-refractivity contribution in [3.8, 4) is 101 Å². The van der Waals surface area contributed by atoms with Gasteiger partial charge in [-0.25, -0.2) is 0 Å². The Kier molecular flexibility index (Phi) is 30.3. The minimum Gasteiger partial charge on any atom is -0.305 e. The molecule has 480 valence electrons. The Bertz CT molecular complexity index is 4260. The molecule has 13 aromatic rings. The summed E-state index contributed by atoms with van der Waals surface area (Å²) in [4.78, 5) is 17.7. The molecule has 0 aliphatic rings. The van der Waals surface area contributed by atoms with Crippen molar-refractivity contribution in [3.63, 3.8) is 0 Å². The number of rotatable bonds is 13. The van der Waals surface area contributed by atoms with Crippen LogP contribution in [0.1, 0.15) is 86.8 Å². The number of aryl methyl sites for hydroxylation is 4. The van der Waals surface area contributed by atoms with Gasteiger partial charge in [-0.3, -0.25) is 0 Å². The quantitative estimate of drug-likeness (QED) is 0.108. The Morgan fingerprint density at radius 3 is 0.926 bits per heavy atom. The molecule has 0 fully saturated rings. The summed E-state index contributed by atoms with van der Waals surface area (Å²) < 4.78 is 0. The van der Waals surface area contributed by atoms with Crippen LogP contribution in [0.25, 0.3) is 101 Å². The molecule has 0 aliphatic carbocycles. The van der Waals surface area contributed by atoms with Gasteiger partial charge in [-0.05, 0) is 147 Å². The van der Waals surface area contributed by atoms with E-state index < -0.39 is 0 Å². The number of benzene rings is 9. The van der Waals surface area contributed by atoms with Crippen molar-refractivity contribution >= 4 is 0 Å². The maximum Gasteiger partial charge on any atom is 0.0160 e. The van der Waals surface area contributed by atoms with Crippen LogP contribution in [0.4, 0.5) is 0 Å². The predicted molar refractivity (Wildman–Crippen MR) is 378 cm³/mol. The van der Waals surface area contributed by atoms with E-state index in [9.17, 15) is 0 Å². The Morgan fingerprint density at radius 2 is 0.585 bits per heavy atom. The third-order valence-electron chi connectivity index (χ3n) is 15.7. The predicted octanol–water partition coefficient (Wildman–Crippen LogP) is 22.5. The smallest absolute Gasteiger partial charge is 0.0160 e. The van der Waals surface area contributed by atoms with Crippen molar-refractivity contribution in [1.29, 1.82) is 0 Å². The van der Waals surface area contributed by atoms with Crippen molar-refractivity contribution in [2.24, 2.45) is 0 Å². The standard InChI is InChI=1S/C23H16N.C23H24N.C21H20N.C19H16N.4Ir/c1-2-8-18(9-3-1)19-10-6-11-20(16-19)21-12-7-13-22(17-21)23-14-4-5-15-24-23;1-16(2)20-13-21(17(3)4)15-22(14-20)18-8-7-9-19(12-18)23-10-5-6-11-24-23;1-3-16-12-17(4-2)14-20(13-16)18-8-7-9-19(15-18)21-10-5-6-11-22-21;1-14-10-15(2)12-18(11-14)16-6-5-7-17(13-16)19-8-3-4-9-20-19;;;;/h1-12,14-17H;5-8,10-17H,1-4H3;5-8,10-15H,3-4H2,1-2H3;3-6,8-13H,1-2H3;;;;/q4*-1;;;;. The number of nitrogens with zero attached hydrogens (tertiary/aromatic N) is 4. The first-order valence-corrected chi connectivity index (χ1v) is 31.2. The summed E-state index contributed by atoms with van der Waals surface area (Å²) in [5, 5.41) is 0. The number of hydrogen-bond donors (Lipinski definition) is 0. The maximum atomic E-state index is 4.44. The van der Waals surface area contributed by atoms with Crippen LogP contribution < -0.4 is 0 Å². The largest absolute Gasteiger partial charge is 0.305 e. The summed E-state index contributed by atoms with van der Waals surface area (Å²) in [7, 11) is 0. The Labute approximate surface area is 612 Å². The molecule has 0 saturated carbocycles. The summed E-state index contributed by atoms with van der Waals surface area (Å²) in [5.74, 6) is 1.04. The Balaban J connectivity index is 0.000000196. The molecule has 4 aromatic heterocycles. The molecular weight excluding hydrogens is 1860 g/mol. The fourth-order valence-corrected chi connectivity index (χ4v) is 10.8. The van der Waals surface area contributed by atoms with Crippen LogP contribution in [-0.2, 0) is 93.3 Å². The first-order valence-electron chi connectivity index (χ1n) is 31.2. The van der Waals surface area contributed by atoms with Gasteiger partial charge in [0.15, 0.2) is 0 Å². The van der Waals surface area contributed by atoms with Crippen LogP contribution in [0.2, 0.25) is 0 Å². The Hall–Kier alpha value is -7.82. The van der Waals surface area contributed by atoms with E-state index in [1.807, 2.05) is 128 Å². The number of hydrogen-bond acceptors (Lipinski definition) is 4. The zero-order chi connectivity index (χ0) is 62.6. The second-order valence-electron chi connectivity index (χ2n) is 23.1. The summed E-state index contributed by atoms with van der Waals surface area (Å²) in [6.07, 6.45) is 9.40. The minimum atomic E-state index is 0. The maximum absolute atomic E-state index is 4.44. The average molecular weight is 1930 g/mol. The van der Waals surface area contributed by atoms with Crippen LogP contribution in [0.3, 0.4) is 0 Å². The monoisotopic (exact) mass is 1940 g/mol. The van der Waals surface area contributed by atoms with E-state index in [0.717, 1.165) is 57.9 Å². The van der Waals surface area contributed by atoms with Crippen molar-refractivity contribution in [1.82, 2.24) is 19.9 Å². The zero-order valence-corrected chi connectivity index (χ0v) is 63.8. The molecule has 13 rings (SSSR count). The average Bonchev–Trinajstić information content (AvgIpc) is 0.931. The molecule has 0 spiro atoms. The molecule has 4 heterocycles. The van der Waals surface area contributed by atoms with Gasteiger partial charge in [0, 0.05) is 105 Å². The molecule has 4 radical (unpaired) electrons. The van der Waals surface area contributed by atoms with Crippen LogP contribution in [0.5, 0.6) is 0 Å². The van der Waals surface area contributed by atoms with Crippen molar-refractivity contribution in [2.45, 2.75) is 80.1 Å². The van der Waals surface area contributed by atoms with Gasteiger partial charge in [-0.15, -0.1) is 142 Å². The third-order valence-corrected chi connectivity index (χ3v) is 15.7. The van der Waals surface area contributed by atoms with Gasteiger partial charge in [0.2, 0.25) is 0 Å². The Morgan fingerprint density at radius 1 is 0.277 bits per heavy atom. The first kappa shape index (κ1) is 75.2. The topological polar surface area (TPSA) is 51.6 Å². The molecule has 4 nitrogen and oxygen atoms in total. The van der Waals surface area contributed by atoms with E-state index in [2.05, 4.69) is 251 Å². The normalized spacial score (nSPS) is 10.3. The van der Waals surface area contributed by atoms with E-state index in [1.54, 1.807) is 0 Å². The van der Waals surface area contributed by atoms with E-state index in [-0.39, 0.29) is 80.4 Å². The third kappa shape index (κ3) is 21.1. The van der Waals surface area contributed by atoms with Crippen LogP contribution >= 0.6 is 0 Å². The van der Waals surface area contributed by atoms with Gasteiger partial charge in [-0.2, -0.15) is 0 Å². The van der Waals surface area contributed by atoms with Crippen molar-refractivity contribution in [3.05, 3.63) is 337 Å². The number of pyridine rings is 4. The van der Waals surface area contributed by atoms with E-state index in [0.29, 0.717) is 11.8 Å². The van der Waals surface area contributed by atoms with Gasteiger partial charge in [0.1, 0.15) is 0 Å². The summed E-state index contributed by atoms with van der Waals surface area (Å²) in [6, 6.07) is 102. The van der Waals surface area contributed by atoms with Gasteiger partial charge in [0.05, 0.1) is 0 Å². The molecule has 0 saturated heterocycles. The molecule has 0 N–H and O–H groups in total. The fourth-order valence-electron chi connectivity index (χ4n) is 10.8. The fraction of sp³-hybridized carbons (Fsp3) is 0.140. The molecule has 0 aliphatic heterocycles. The molecule has 0 bridgehead atoms. The number of aromatic nitrogens is 4. The molecule has 8 heteroatoms. The van der Waals surface area contributed by atoms with E-state index in [4.69, 9.17) is 0 Å². The first-order chi connectivity index (χ1) is 44.0. The van der Waals surface area contributed by atoms with Crippen LogP contribution in [0.15, 0.2) is 280 Å². The summed E-state index contributed by atoms with van der Waals surface area (Å²) in [5.41, 5.74) is 28.3. The van der Waals surface area contributed by atoms with Crippen LogP contribution in [0, 0.1) is 38.1 Å². The molecule has 0 atom stereocenters. The second-order valence-corrected chi connectivity index (χ2v) is 23.1. The minimum absolute atomic E-state index is 0. The van der Waals surface area contributed by atoms with Crippen LogP contribution in [-0.4, -0.2) is 19.9 Å². The summed E-state index contributed by atoms with van der Waals surface area (Å²) in [6.45, 7) is 17.7. The molecule has 0 amide bonds. The van der Waals surface area contributed by atoms with Gasteiger partial charge in [0.25, 0.3) is 0 Å². The summed E-state index contributed by atoms with van der Waals surface area (Å²) >= 11 is 0. The zero-order valence-electron chi connectivity index (χ0n) is 54.2. The van der Waals surface area contributed by atoms with Gasteiger partial charge >= 0.3 is 0 Å².